The summed E-state index contributed by atoms with van der Waals surface area (Å²) in [5, 5.41) is 2.90. The first-order valence-corrected chi connectivity index (χ1v) is 6.93. The molecular formula is C13H19N3OS. The van der Waals surface area contributed by atoms with Crippen molar-refractivity contribution in [2.24, 2.45) is 5.41 Å². The van der Waals surface area contributed by atoms with Gasteiger partial charge in [-0.05, 0) is 23.8 Å². The summed E-state index contributed by atoms with van der Waals surface area (Å²) in [6.45, 7) is 8.96. The molecule has 18 heavy (non-hydrogen) atoms. The van der Waals surface area contributed by atoms with Gasteiger partial charge in [-0.3, -0.25) is 0 Å². The van der Waals surface area contributed by atoms with Crippen LogP contribution in [0, 0.1) is 5.41 Å². The second-order valence-electron chi connectivity index (χ2n) is 5.31. The van der Waals surface area contributed by atoms with Gasteiger partial charge in [0, 0.05) is 6.61 Å². The van der Waals surface area contributed by atoms with Crippen molar-refractivity contribution >= 4 is 27.4 Å². The number of rotatable bonds is 3. The Kier molecular flexibility index (Phi) is 3.54. The molecule has 5 heteroatoms. The predicted octanol–water partition coefficient (Wildman–Crippen LogP) is 3.40. The lowest BCUT2D eigenvalue weighted by Gasteiger charge is -2.29. The van der Waals surface area contributed by atoms with E-state index in [1.54, 1.807) is 11.3 Å². The Morgan fingerprint density at radius 2 is 2.11 bits per heavy atom. The molecule has 0 saturated carbocycles. The topological polar surface area (TPSA) is 61.0 Å². The van der Waals surface area contributed by atoms with Gasteiger partial charge in [-0.15, -0.1) is 11.3 Å². The number of nitrogens with two attached hydrogens (primary N) is 1. The van der Waals surface area contributed by atoms with Crippen molar-refractivity contribution in [1.82, 2.24) is 9.97 Å². The first-order chi connectivity index (χ1) is 8.43. The fourth-order valence-corrected chi connectivity index (χ4v) is 2.67. The molecule has 2 aromatic heterocycles. The van der Waals surface area contributed by atoms with Gasteiger partial charge in [0.25, 0.3) is 0 Å². The molecule has 0 aromatic carbocycles. The number of anilines is 1. The zero-order chi connectivity index (χ0) is 13.3. The fourth-order valence-electron chi connectivity index (χ4n) is 1.89. The smallest absolute Gasteiger partial charge is 0.161 e. The minimum atomic E-state index is -0.142. The van der Waals surface area contributed by atoms with Crippen LogP contribution in [0.3, 0.4) is 0 Å². The van der Waals surface area contributed by atoms with Gasteiger partial charge >= 0.3 is 0 Å². The van der Waals surface area contributed by atoms with Crippen LogP contribution in [0.2, 0.25) is 0 Å². The molecule has 1 unspecified atom stereocenters. The van der Waals surface area contributed by atoms with Gasteiger partial charge in [0.05, 0.1) is 5.39 Å². The van der Waals surface area contributed by atoms with Gasteiger partial charge in [0.2, 0.25) is 0 Å². The maximum Gasteiger partial charge on any atom is 0.161 e. The summed E-state index contributed by atoms with van der Waals surface area (Å²) in [5.74, 6) is 1.21. The summed E-state index contributed by atoms with van der Waals surface area (Å²) in [5.41, 5.74) is 5.92. The van der Waals surface area contributed by atoms with Crippen molar-refractivity contribution in [3.8, 4) is 0 Å². The van der Waals surface area contributed by atoms with Gasteiger partial charge in [-0.2, -0.15) is 0 Å². The zero-order valence-corrected chi connectivity index (χ0v) is 12.0. The molecule has 0 saturated heterocycles. The van der Waals surface area contributed by atoms with E-state index in [0.717, 1.165) is 10.2 Å². The number of nitrogens with zero attached hydrogens (tertiary/aromatic N) is 2. The Balaban J connectivity index is 2.50. The lowest BCUT2D eigenvalue weighted by atomic mass is 9.88. The first kappa shape index (κ1) is 13.2. The van der Waals surface area contributed by atoms with Crippen LogP contribution in [0.1, 0.15) is 39.6 Å². The van der Waals surface area contributed by atoms with E-state index in [0.29, 0.717) is 18.2 Å². The highest BCUT2D eigenvalue weighted by atomic mass is 32.1. The van der Waals surface area contributed by atoms with Crippen LogP contribution in [0.5, 0.6) is 0 Å². The number of thiophene rings is 1. The van der Waals surface area contributed by atoms with Gasteiger partial charge in [-0.25, -0.2) is 9.97 Å². The molecule has 4 nitrogen and oxygen atoms in total. The van der Waals surface area contributed by atoms with E-state index in [1.807, 2.05) is 18.4 Å². The van der Waals surface area contributed by atoms with Crippen molar-refractivity contribution < 1.29 is 4.74 Å². The largest absolute Gasteiger partial charge is 0.383 e. The highest BCUT2D eigenvalue weighted by Crippen LogP contribution is 2.36. The normalized spacial score (nSPS) is 14.0. The SMILES string of the molecule is CCOC(c1nc(N)c2ccsc2n1)C(C)(C)C. The summed E-state index contributed by atoms with van der Waals surface area (Å²) in [6, 6.07) is 1.95. The molecule has 2 heterocycles. The Morgan fingerprint density at radius 1 is 1.39 bits per heavy atom. The maximum absolute atomic E-state index is 5.98. The quantitative estimate of drug-likeness (QED) is 0.924. The molecule has 2 aromatic rings. The summed E-state index contributed by atoms with van der Waals surface area (Å²) in [4.78, 5) is 9.91. The van der Waals surface area contributed by atoms with Crippen molar-refractivity contribution in [1.29, 1.82) is 0 Å². The standard InChI is InChI=1S/C13H19N3OS/c1-5-17-9(13(2,3)4)11-15-10(14)8-6-7-18-12(8)16-11/h6-7,9H,5H2,1-4H3,(H2,14,15,16). The first-order valence-electron chi connectivity index (χ1n) is 6.05. The summed E-state index contributed by atoms with van der Waals surface area (Å²) in [6.07, 6.45) is -0.142. The van der Waals surface area contributed by atoms with E-state index in [2.05, 4.69) is 30.7 Å². The van der Waals surface area contributed by atoms with Crippen LogP contribution < -0.4 is 5.73 Å². The Hall–Kier alpha value is -1.20. The molecule has 2 N–H and O–H groups in total. The number of ether oxygens (including phenoxy) is 1. The second kappa shape index (κ2) is 4.82. The third kappa shape index (κ3) is 2.47. The predicted molar refractivity (Wildman–Crippen MR) is 75.6 cm³/mol. The Bertz CT molecular complexity index is 545. The van der Waals surface area contributed by atoms with Crippen LogP contribution in [0.25, 0.3) is 10.2 Å². The third-order valence-electron chi connectivity index (χ3n) is 2.73. The molecular weight excluding hydrogens is 246 g/mol. The Morgan fingerprint density at radius 3 is 2.72 bits per heavy atom. The summed E-state index contributed by atoms with van der Waals surface area (Å²) >= 11 is 1.58. The minimum absolute atomic E-state index is 0.0621. The molecule has 0 aliphatic heterocycles. The highest BCUT2D eigenvalue weighted by Gasteiger charge is 2.30. The molecule has 2 rings (SSSR count). The third-order valence-corrected chi connectivity index (χ3v) is 3.53. The van der Waals surface area contributed by atoms with Crippen molar-refractivity contribution in [2.75, 3.05) is 12.3 Å². The molecule has 0 aliphatic carbocycles. The van der Waals surface area contributed by atoms with Gasteiger partial charge < -0.3 is 10.5 Å². The van der Waals surface area contributed by atoms with Crippen LogP contribution in [0.15, 0.2) is 11.4 Å². The number of fused-ring (bicyclic) bond motifs is 1. The molecule has 0 bridgehead atoms. The van der Waals surface area contributed by atoms with Gasteiger partial charge in [0.15, 0.2) is 5.82 Å². The number of nitrogen functional groups attached to an aromatic ring is 1. The van der Waals surface area contributed by atoms with Crippen molar-refractivity contribution in [3.63, 3.8) is 0 Å². The molecule has 0 spiro atoms. The van der Waals surface area contributed by atoms with Crippen LogP contribution in [-0.4, -0.2) is 16.6 Å². The molecule has 0 amide bonds. The molecule has 98 valence electrons. The highest BCUT2D eigenvalue weighted by molar-refractivity contribution is 7.16. The summed E-state index contributed by atoms with van der Waals surface area (Å²) in [7, 11) is 0. The average Bonchev–Trinajstić information content (AvgIpc) is 2.72. The molecule has 0 fully saturated rings. The minimum Gasteiger partial charge on any atom is -0.383 e. The molecule has 0 aliphatic rings. The van der Waals surface area contributed by atoms with Gasteiger partial charge in [0.1, 0.15) is 16.8 Å². The van der Waals surface area contributed by atoms with E-state index in [-0.39, 0.29) is 11.5 Å². The zero-order valence-electron chi connectivity index (χ0n) is 11.2. The second-order valence-corrected chi connectivity index (χ2v) is 6.20. The van der Waals surface area contributed by atoms with Crippen LogP contribution in [0.4, 0.5) is 5.82 Å². The van der Waals surface area contributed by atoms with E-state index >= 15 is 0 Å². The fraction of sp³-hybridized carbons (Fsp3) is 0.538. The molecule has 1 atom stereocenters. The van der Waals surface area contributed by atoms with E-state index in [1.165, 1.54) is 0 Å². The van der Waals surface area contributed by atoms with E-state index in [9.17, 15) is 0 Å². The van der Waals surface area contributed by atoms with Crippen LogP contribution >= 0.6 is 11.3 Å². The molecule has 0 radical (unpaired) electrons. The van der Waals surface area contributed by atoms with E-state index in [4.69, 9.17) is 10.5 Å². The number of hydrogen-bond acceptors (Lipinski definition) is 5. The summed E-state index contributed by atoms with van der Waals surface area (Å²) < 4.78 is 5.80. The average molecular weight is 265 g/mol. The monoisotopic (exact) mass is 265 g/mol. The van der Waals surface area contributed by atoms with Crippen molar-refractivity contribution in [2.45, 2.75) is 33.8 Å². The van der Waals surface area contributed by atoms with Gasteiger partial charge in [-0.1, -0.05) is 20.8 Å². The van der Waals surface area contributed by atoms with E-state index < -0.39 is 0 Å². The van der Waals surface area contributed by atoms with Crippen molar-refractivity contribution in [3.05, 3.63) is 17.3 Å². The maximum atomic E-state index is 5.98. The lowest BCUT2D eigenvalue weighted by molar-refractivity contribution is -0.0187. The Labute approximate surface area is 111 Å². The number of aromatic nitrogens is 2. The van der Waals surface area contributed by atoms with Crippen LogP contribution in [-0.2, 0) is 4.74 Å². The lowest BCUT2D eigenvalue weighted by Crippen LogP contribution is -2.24. The number of hydrogen-bond donors (Lipinski definition) is 1.